The minimum absolute atomic E-state index is 0.131. The third-order valence-electron chi connectivity index (χ3n) is 5.24. The quantitative estimate of drug-likeness (QED) is 0.658. The summed E-state index contributed by atoms with van der Waals surface area (Å²) in [6.07, 6.45) is 0.0332. The summed E-state index contributed by atoms with van der Waals surface area (Å²) in [5, 5.41) is 19.2. The highest BCUT2D eigenvalue weighted by Crippen LogP contribution is 2.31. The van der Waals surface area contributed by atoms with E-state index in [2.05, 4.69) is 11.0 Å². The first-order valence-electron chi connectivity index (χ1n) is 10.1. The Morgan fingerprint density at radius 3 is 2.53 bits per heavy atom. The smallest absolute Gasteiger partial charge is 0.243 e. The van der Waals surface area contributed by atoms with Gasteiger partial charge in [-0.15, -0.1) is 0 Å². The predicted molar refractivity (Wildman–Crippen MR) is 115 cm³/mol. The second kappa shape index (κ2) is 9.47. The van der Waals surface area contributed by atoms with Gasteiger partial charge in [-0.2, -0.15) is 9.57 Å². The standard InChI is InChI=1S/C22H27N3O4S/c1-3-25(4-2)30(27,28)21-9-10-22-18(13-21)11-12-24(22)15-19(26)16-29-20-7-5-17(14-23)6-8-20/h5-10,13,19,26H,3-4,11-12,15-16H2,1-2H3. The number of aliphatic hydroxyl groups is 1. The topological polar surface area (TPSA) is 93.9 Å². The molecule has 0 radical (unpaired) electrons. The number of ether oxygens (including phenoxy) is 1. The maximum atomic E-state index is 12.8. The Bertz CT molecular complexity index is 1010. The van der Waals surface area contributed by atoms with Gasteiger partial charge in [-0.3, -0.25) is 0 Å². The lowest BCUT2D eigenvalue weighted by Crippen LogP contribution is -2.34. The Balaban J connectivity index is 1.63. The van der Waals surface area contributed by atoms with E-state index in [1.165, 1.54) is 4.31 Å². The molecule has 0 aliphatic carbocycles. The molecule has 1 aliphatic rings. The number of hydrogen-bond acceptors (Lipinski definition) is 6. The van der Waals surface area contributed by atoms with E-state index < -0.39 is 16.1 Å². The molecule has 30 heavy (non-hydrogen) atoms. The van der Waals surface area contributed by atoms with Gasteiger partial charge in [0.2, 0.25) is 10.0 Å². The summed E-state index contributed by atoms with van der Waals surface area (Å²) in [5.74, 6) is 0.598. The average Bonchev–Trinajstić information content (AvgIpc) is 3.15. The van der Waals surface area contributed by atoms with E-state index in [-0.39, 0.29) is 6.61 Å². The fourth-order valence-corrected chi connectivity index (χ4v) is 5.14. The molecule has 1 atom stereocenters. The molecule has 1 unspecified atom stereocenters. The molecule has 0 aromatic heterocycles. The summed E-state index contributed by atoms with van der Waals surface area (Å²) in [7, 11) is -3.48. The van der Waals surface area contributed by atoms with E-state index in [4.69, 9.17) is 10.00 Å². The first kappa shape index (κ1) is 22.1. The number of nitriles is 1. The van der Waals surface area contributed by atoms with Crippen molar-refractivity contribution in [1.82, 2.24) is 4.31 Å². The molecule has 0 saturated carbocycles. The van der Waals surface area contributed by atoms with Crippen LogP contribution in [-0.2, 0) is 16.4 Å². The molecule has 1 heterocycles. The number of hydrogen-bond donors (Lipinski definition) is 1. The van der Waals surface area contributed by atoms with Gasteiger partial charge in [0.15, 0.2) is 0 Å². The Morgan fingerprint density at radius 1 is 1.20 bits per heavy atom. The normalized spacial score (nSPS) is 14.4. The summed E-state index contributed by atoms with van der Waals surface area (Å²) < 4.78 is 32.6. The van der Waals surface area contributed by atoms with Crippen molar-refractivity contribution in [1.29, 1.82) is 5.26 Å². The van der Waals surface area contributed by atoms with Gasteiger partial charge in [-0.25, -0.2) is 8.42 Å². The molecule has 8 heteroatoms. The Kier molecular flexibility index (Phi) is 6.98. The van der Waals surface area contributed by atoms with Gasteiger partial charge >= 0.3 is 0 Å². The molecule has 2 aromatic carbocycles. The van der Waals surface area contributed by atoms with Crippen molar-refractivity contribution < 1.29 is 18.3 Å². The van der Waals surface area contributed by atoms with Gasteiger partial charge in [-0.1, -0.05) is 13.8 Å². The molecule has 3 rings (SSSR count). The molecule has 0 spiro atoms. The van der Waals surface area contributed by atoms with Crippen molar-refractivity contribution in [3.05, 3.63) is 53.6 Å². The SMILES string of the molecule is CCN(CC)S(=O)(=O)c1ccc2c(c1)CCN2CC(O)COc1ccc(C#N)cc1. The van der Waals surface area contributed by atoms with Crippen molar-refractivity contribution in [2.75, 3.05) is 37.7 Å². The molecular weight excluding hydrogens is 402 g/mol. The number of rotatable bonds is 9. The van der Waals surface area contributed by atoms with Crippen LogP contribution in [0.2, 0.25) is 0 Å². The van der Waals surface area contributed by atoms with Gasteiger partial charge in [0, 0.05) is 31.9 Å². The van der Waals surface area contributed by atoms with E-state index in [0.717, 1.165) is 24.2 Å². The highest BCUT2D eigenvalue weighted by atomic mass is 32.2. The van der Waals surface area contributed by atoms with Gasteiger partial charge in [0.25, 0.3) is 0 Å². The van der Waals surface area contributed by atoms with E-state index in [0.29, 0.717) is 35.8 Å². The molecule has 160 valence electrons. The Morgan fingerprint density at radius 2 is 1.90 bits per heavy atom. The molecule has 0 bridgehead atoms. The minimum Gasteiger partial charge on any atom is -0.491 e. The van der Waals surface area contributed by atoms with E-state index in [9.17, 15) is 13.5 Å². The van der Waals surface area contributed by atoms with Crippen LogP contribution in [0.4, 0.5) is 5.69 Å². The van der Waals surface area contributed by atoms with Crippen LogP contribution in [0.1, 0.15) is 25.0 Å². The maximum absolute atomic E-state index is 12.8. The van der Waals surface area contributed by atoms with E-state index in [1.807, 2.05) is 19.9 Å². The van der Waals surface area contributed by atoms with Crippen LogP contribution in [0.15, 0.2) is 47.4 Å². The zero-order valence-corrected chi connectivity index (χ0v) is 18.1. The summed E-state index contributed by atoms with van der Waals surface area (Å²) in [6, 6.07) is 14.0. The van der Waals surface area contributed by atoms with Crippen LogP contribution in [0.25, 0.3) is 0 Å². The number of sulfonamides is 1. The van der Waals surface area contributed by atoms with Gasteiger partial charge in [-0.05, 0) is 54.4 Å². The van der Waals surface area contributed by atoms with Crippen LogP contribution in [-0.4, -0.2) is 56.7 Å². The Hall–Kier alpha value is -2.60. The molecule has 7 nitrogen and oxygen atoms in total. The third kappa shape index (κ3) is 4.75. The number of aliphatic hydroxyl groups excluding tert-OH is 1. The largest absolute Gasteiger partial charge is 0.491 e. The average molecular weight is 430 g/mol. The molecule has 0 fully saturated rings. The summed E-state index contributed by atoms with van der Waals surface area (Å²) in [5.41, 5.74) is 2.48. The highest BCUT2D eigenvalue weighted by molar-refractivity contribution is 7.89. The summed E-state index contributed by atoms with van der Waals surface area (Å²) >= 11 is 0. The monoisotopic (exact) mass is 429 g/mol. The predicted octanol–water partition coefficient (Wildman–Crippen LogP) is 2.39. The molecule has 2 aromatic rings. The Labute approximate surface area is 178 Å². The third-order valence-corrected chi connectivity index (χ3v) is 7.29. The zero-order valence-electron chi connectivity index (χ0n) is 17.3. The van der Waals surface area contributed by atoms with Crippen molar-refractivity contribution in [2.24, 2.45) is 0 Å². The number of benzene rings is 2. The lowest BCUT2D eigenvalue weighted by molar-refractivity contribution is 0.112. The minimum atomic E-state index is -3.48. The molecule has 0 amide bonds. The number of fused-ring (bicyclic) bond motifs is 1. The first-order valence-corrected chi connectivity index (χ1v) is 11.5. The fourth-order valence-electron chi connectivity index (χ4n) is 3.63. The van der Waals surface area contributed by atoms with Crippen LogP contribution in [0, 0.1) is 11.3 Å². The van der Waals surface area contributed by atoms with Gasteiger partial charge < -0.3 is 14.7 Å². The number of anilines is 1. The number of nitrogens with zero attached hydrogens (tertiary/aromatic N) is 3. The lowest BCUT2D eigenvalue weighted by atomic mass is 10.2. The second-order valence-corrected chi connectivity index (χ2v) is 9.11. The van der Waals surface area contributed by atoms with E-state index >= 15 is 0 Å². The second-order valence-electron chi connectivity index (χ2n) is 7.18. The van der Waals surface area contributed by atoms with Gasteiger partial charge in [0.1, 0.15) is 18.5 Å². The van der Waals surface area contributed by atoms with Crippen molar-refractivity contribution in [2.45, 2.75) is 31.3 Å². The lowest BCUT2D eigenvalue weighted by Gasteiger charge is -2.23. The van der Waals surface area contributed by atoms with Crippen LogP contribution in [0.3, 0.4) is 0 Å². The number of β-amino-alcohol motifs (C(OH)–C–C–N with tert-alkyl or cyclic N) is 1. The maximum Gasteiger partial charge on any atom is 0.243 e. The molecule has 1 aliphatic heterocycles. The fraction of sp³-hybridized carbons (Fsp3) is 0.409. The molecule has 1 N–H and O–H groups in total. The van der Waals surface area contributed by atoms with Gasteiger partial charge in [0.05, 0.1) is 16.5 Å². The summed E-state index contributed by atoms with van der Waals surface area (Å²) in [4.78, 5) is 2.37. The highest BCUT2D eigenvalue weighted by Gasteiger charge is 2.26. The zero-order chi connectivity index (χ0) is 21.7. The first-order chi connectivity index (χ1) is 14.4. The van der Waals surface area contributed by atoms with E-state index in [1.54, 1.807) is 36.4 Å². The van der Waals surface area contributed by atoms with Crippen LogP contribution >= 0.6 is 0 Å². The van der Waals surface area contributed by atoms with Crippen molar-refractivity contribution in [3.8, 4) is 11.8 Å². The van der Waals surface area contributed by atoms with Crippen LogP contribution < -0.4 is 9.64 Å². The van der Waals surface area contributed by atoms with Crippen LogP contribution in [0.5, 0.6) is 5.75 Å². The molecule has 0 saturated heterocycles. The summed E-state index contributed by atoms with van der Waals surface area (Å²) in [6.45, 7) is 5.78. The molecular formula is C22H27N3O4S. The van der Waals surface area contributed by atoms with Crippen molar-refractivity contribution >= 4 is 15.7 Å². The van der Waals surface area contributed by atoms with Crippen molar-refractivity contribution in [3.63, 3.8) is 0 Å².